The van der Waals surface area contributed by atoms with Crippen LogP contribution < -0.4 is 5.32 Å². The third-order valence-electron chi connectivity index (χ3n) is 4.45. The molecular weight excluding hydrogens is 248 g/mol. The summed E-state index contributed by atoms with van der Waals surface area (Å²) >= 11 is 0. The second-order valence-corrected chi connectivity index (χ2v) is 5.81. The molecule has 1 aliphatic heterocycles. The smallest absolute Gasteiger partial charge is 0.134 e. The van der Waals surface area contributed by atoms with Crippen LogP contribution in [0.4, 0.5) is 0 Å². The number of aryl methyl sites for hydroxylation is 1. The largest absolute Gasteiger partial charge is 0.461 e. The number of likely N-dealkylation sites (N-methyl/N-ethyl adjacent to an activating group) is 1. The van der Waals surface area contributed by atoms with Crippen LogP contribution in [0.3, 0.4) is 0 Å². The Hall–Kier alpha value is -1.32. The highest BCUT2D eigenvalue weighted by atomic mass is 16.3. The van der Waals surface area contributed by atoms with Gasteiger partial charge in [0, 0.05) is 30.1 Å². The second kappa shape index (κ2) is 5.98. The highest BCUT2D eigenvalue weighted by Gasteiger charge is 2.23. The zero-order valence-electron chi connectivity index (χ0n) is 12.5. The van der Waals surface area contributed by atoms with E-state index < -0.39 is 0 Å². The Morgan fingerprint density at radius 2 is 2.15 bits per heavy atom. The van der Waals surface area contributed by atoms with Crippen LogP contribution in [0, 0.1) is 6.92 Å². The lowest BCUT2D eigenvalue weighted by Gasteiger charge is -2.35. The second-order valence-electron chi connectivity index (χ2n) is 5.81. The van der Waals surface area contributed by atoms with Gasteiger partial charge in [0.25, 0.3) is 0 Å². The molecule has 0 amide bonds. The van der Waals surface area contributed by atoms with Crippen molar-refractivity contribution in [3.63, 3.8) is 0 Å². The molecule has 108 valence electrons. The molecule has 0 radical (unpaired) electrons. The molecule has 1 N–H and O–H groups in total. The van der Waals surface area contributed by atoms with Crippen LogP contribution in [0.25, 0.3) is 11.0 Å². The van der Waals surface area contributed by atoms with Crippen molar-refractivity contribution in [3.05, 3.63) is 35.6 Å². The molecule has 1 aromatic heterocycles. The molecule has 3 heteroatoms. The molecule has 1 unspecified atom stereocenters. The minimum Gasteiger partial charge on any atom is -0.461 e. The summed E-state index contributed by atoms with van der Waals surface area (Å²) < 4.78 is 5.89. The first-order chi connectivity index (χ1) is 9.79. The molecule has 3 rings (SSSR count). The Balaban J connectivity index is 1.86. The van der Waals surface area contributed by atoms with Gasteiger partial charge in [-0.15, -0.1) is 0 Å². The Morgan fingerprint density at radius 1 is 1.30 bits per heavy atom. The first-order valence-corrected chi connectivity index (χ1v) is 7.65. The number of hydrogen-bond acceptors (Lipinski definition) is 3. The topological polar surface area (TPSA) is 28.4 Å². The highest BCUT2D eigenvalue weighted by molar-refractivity contribution is 5.82. The summed E-state index contributed by atoms with van der Waals surface area (Å²) in [5.41, 5.74) is 2.38. The van der Waals surface area contributed by atoms with Crippen molar-refractivity contribution >= 4 is 11.0 Å². The first kappa shape index (κ1) is 13.7. The van der Waals surface area contributed by atoms with Gasteiger partial charge in [0.1, 0.15) is 11.3 Å². The maximum atomic E-state index is 5.89. The predicted molar refractivity (Wildman–Crippen MR) is 82.9 cm³/mol. The van der Waals surface area contributed by atoms with Gasteiger partial charge < -0.3 is 9.73 Å². The highest BCUT2D eigenvalue weighted by Crippen LogP contribution is 2.28. The Bertz CT molecular complexity index is 573. The van der Waals surface area contributed by atoms with Gasteiger partial charge in [0.15, 0.2) is 0 Å². The van der Waals surface area contributed by atoms with E-state index in [2.05, 4.69) is 35.3 Å². The van der Waals surface area contributed by atoms with Crippen molar-refractivity contribution in [1.29, 1.82) is 0 Å². The molecule has 0 bridgehead atoms. The minimum absolute atomic E-state index is 0.654. The molecule has 1 fully saturated rings. The quantitative estimate of drug-likeness (QED) is 0.925. The maximum Gasteiger partial charge on any atom is 0.134 e. The third-order valence-corrected chi connectivity index (χ3v) is 4.45. The van der Waals surface area contributed by atoms with E-state index in [1.165, 1.54) is 36.8 Å². The van der Waals surface area contributed by atoms with Gasteiger partial charge in [-0.25, -0.2) is 0 Å². The van der Waals surface area contributed by atoms with Crippen LogP contribution in [-0.4, -0.2) is 31.1 Å². The number of nitrogens with one attached hydrogen (secondary N) is 1. The fraction of sp³-hybridized carbons (Fsp3) is 0.529. The number of furan rings is 1. The molecule has 20 heavy (non-hydrogen) atoms. The van der Waals surface area contributed by atoms with E-state index in [1.54, 1.807) is 0 Å². The van der Waals surface area contributed by atoms with E-state index in [9.17, 15) is 0 Å². The molecule has 1 saturated heterocycles. The zero-order chi connectivity index (χ0) is 13.9. The summed E-state index contributed by atoms with van der Waals surface area (Å²) in [5, 5.41) is 4.61. The molecule has 2 heterocycles. The summed E-state index contributed by atoms with van der Waals surface area (Å²) in [6, 6.07) is 9.04. The van der Waals surface area contributed by atoms with Gasteiger partial charge >= 0.3 is 0 Å². The number of likely N-dealkylation sites (tertiary alicyclic amines) is 1. The summed E-state index contributed by atoms with van der Waals surface area (Å²) in [7, 11) is 2.05. The minimum atomic E-state index is 0.654. The lowest BCUT2D eigenvalue weighted by atomic mass is 10.0. The fourth-order valence-corrected chi connectivity index (χ4v) is 3.36. The van der Waals surface area contributed by atoms with Crippen molar-refractivity contribution in [3.8, 4) is 0 Å². The summed E-state index contributed by atoms with van der Waals surface area (Å²) in [6.45, 7) is 5.38. The molecule has 3 nitrogen and oxygen atoms in total. The van der Waals surface area contributed by atoms with Crippen LogP contribution >= 0.6 is 0 Å². The summed E-state index contributed by atoms with van der Waals surface area (Å²) in [6.07, 6.45) is 3.97. The maximum absolute atomic E-state index is 5.89. The molecule has 1 aliphatic rings. The van der Waals surface area contributed by atoms with E-state index in [4.69, 9.17) is 4.42 Å². The standard InChI is InChI=1S/C17H24N2O/c1-13-16(15-8-3-4-9-17(15)20-13)12-19-10-6-5-7-14(19)11-18-2/h3-4,8-9,14,18H,5-7,10-12H2,1-2H3. The lowest BCUT2D eigenvalue weighted by Crippen LogP contribution is -2.44. The molecule has 1 atom stereocenters. The number of rotatable bonds is 4. The number of nitrogens with zero attached hydrogens (tertiary/aromatic N) is 1. The van der Waals surface area contributed by atoms with Crippen molar-refractivity contribution in [2.75, 3.05) is 20.1 Å². The van der Waals surface area contributed by atoms with Crippen molar-refractivity contribution < 1.29 is 4.42 Å². The number of fused-ring (bicyclic) bond motifs is 1. The number of benzene rings is 1. The molecule has 0 aliphatic carbocycles. The molecule has 0 saturated carbocycles. The Labute approximate surface area is 120 Å². The van der Waals surface area contributed by atoms with Gasteiger partial charge in [-0.3, -0.25) is 4.90 Å². The molecule has 2 aromatic rings. The summed E-state index contributed by atoms with van der Waals surface area (Å²) in [5.74, 6) is 1.07. The number of piperidine rings is 1. The lowest BCUT2D eigenvalue weighted by molar-refractivity contribution is 0.139. The first-order valence-electron chi connectivity index (χ1n) is 7.65. The number of hydrogen-bond donors (Lipinski definition) is 1. The SMILES string of the molecule is CNCC1CCCCN1Cc1c(C)oc2ccccc12. The van der Waals surface area contributed by atoms with Crippen molar-refractivity contribution in [2.45, 2.75) is 38.8 Å². The van der Waals surface area contributed by atoms with Gasteiger partial charge in [-0.2, -0.15) is 0 Å². The van der Waals surface area contributed by atoms with Crippen LogP contribution in [0.2, 0.25) is 0 Å². The van der Waals surface area contributed by atoms with Crippen LogP contribution in [0.15, 0.2) is 28.7 Å². The van der Waals surface area contributed by atoms with Crippen LogP contribution in [0.1, 0.15) is 30.6 Å². The monoisotopic (exact) mass is 272 g/mol. The van der Waals surface area contributed by atoms with Crippen LogP contribution in [0.5, 0.6) is 0 Å². The average Bonchev–Trinajstić information content (AvgIpc) is 2.78. The van der Waals surface area contributed by atoms with Crippen molar-refractivity contribution in [2.24, 2.45) is 0 Å². The van der Waals surface area contributed by atoms with Crippen LogP contribution in [-0.2, 0) is 6.54 Å². The van der Waals surface area contributed by atoms with E-state index in [0.29, 0.717) is 6.04 Å². The summed E-state index contributed by atoms with van der Waals surface area (Å²) in [4.78, 5) is 2.62. The zero-order valence-corrected chi connectivity index (χ0v) is 12.5. The predicted octanol–water partition coefficient (Wildman–Crippen LogP) is 3.32. The molecule has 0 spiro atoms. The van der Waals surface area contributed by atoms with Gasteiger partial charge in [0.2, 0.25) is 0 Å². The molecular formula is C17H24N2O. The van der Waals surface area contributed by atoms with Crippen molar-refractivity contribution in [1.82, 2.24) is 10.2 Å². The Morgan fingerprint density at radius 3 is 3.00 bits per heavy atom. The van der Waals surface area contributed by atoms with Gasteiger partial charge in [-0.1, -0.05) is 24.6 Å². The number of para-hydroxylation sites is 1. The molecule has 1 aromatic carbocycles. The fourth-order valence-electron chi connectivity index (χ4n) is 3.36. The van der Waals surface area contributed by atoms with E-state index >= 15 is 0 Å². The van der Waals surface area contributed by atoms with Gasteiger partial charge in [0.05, 0.1) is 0 Å². The average molecular weight is 272 g/mol. The third kappa shape index (κ3) is 2.60. The Kier molecular flexibility index (Phi) is 4.08. The van der Waals surface area contributed by atoms with E-state index in [-0.39, 0.29) is 0 Å². The van der Waals surface area contributed by atoms with E-state index in [1.807, 2.05) is 13.1 Å². The van der Waals surface area contributed by atoms with E-state index in [0.717, 1.165) is 24.4 Å². The van der Waals surface area contributed by atoms with Gasteiger partial charge in [-0.05, 0) is 39.4 Å². The normalized spacial score (nSPS) is 20.6.